The van der Waals surface area contributed by atoms with Gasteiger partial charge in [-0.05, 0) is 19.1 Å². The molecule has 0 saturated carbocycles. The van der Waals surface area contributed by atoms with Gasteiger partial charge in [0, 0.05) is 16.7 Å². The molecule has 1 aromatic carbocycles. The van der Waals surface area contributed by atoms with Gasteiger partial charge in [0.2, 0.25) is 0 Å². The molecule has 1 rings (SSSR count). The maximum atomic E-state index is 12.5. The monoisotopic (exact) mass is 223 g/mol. The van der Waals surface area contributed by atoms with Crippen LogP contribution in [-0.2, 0) is 0 Å². The highest BCUT2D eigenvalue weighted by molar-refractivity contribution is 5.98. The maximum absolute atomic E-state index is 12.5. The van der Waals surface area contributed by atoms with Gasteiger partial charge in [0.15, 0.2) is 12.1 Å². The van der Waals surface area contributed by atoms with Gasteiger partial charge in [0.25, 0.3) is 6.43 Å². The van der Waals surface area contributed by atoms with Crippen molar-refractivity contribution in [3.63, 3.8) is 0 Å². The molecule has 5 heteroatoms. The molecule has 0 heterocycles. The molecule has 1 aromatic rings. The van der Waals surface area contributed by atoms with E-state index in [1.54, 1.807) is 6.07 Å². The molecule has 16 heavy (non-hydrogen) atoms. The van der Waals surface area contributed by atoms with E-state index in [-0.39, 0.29) is 23.0 Å². The van der Waals surface area contributed by atoms with Crippen LogP contribution in [0.2, 0.25) is 0 Å². The summed E-state index contributed by atoms with van der Waals surface area (Å²) in [6.45, 7) is 1.20. The molecule has 3 nitrogen and oxygen atoms in total. The van der Waals surface area contributed by atoms with Crippen LogP contribution in [0.5, 0.6) is 0 Å². The zero-order valence-electron chi connectivity index (χ0n) is 8.33. The number of nitriles is 1. The fourth-order valence-corrected chi connectivity index (χ4v) is 1.31. The van der Waals surface area contributed by atoms with E-state index in [1.165, 1.54) is 6.92 Å². The van der Waals surface area contributed by atoms with Crippen molar-refractivity contribution in [2.45, 2.75) is 13.3 Å². The minimum atomic E-state index is -2.85. The third-order valence-electron chi connectivity index (χ3n) is 2.08. The number of aldehydes is 1. The van der Waals surface area contributed by atoms with Crippen molar-refractivity contribution in [3.05, 3.63) is 34.4 Å². The van der Waals surface area contributed by atoms with Gasteiger partial charge < -0.3 is 0 Å². The number of Topliss-reactive ketones (excluding diaryl/α,β-unsaturated/α-hetero) is 1. The second-order valence-electron chi connectivity index (χ2n) is 3.11. The van der Waals surface area contributed by atoms with E-state index in [0.717, 1.165) is 12.1 Å². The fourth-order valence-electron chi connectivity index (χ4n) is 1.31. The number of carbonyl (C=O) groups excluding carboxylic acids is 2. The van der Waals surface area contributed by atoms with Crippen LogP contribution < -0.4 is 0 Å². The van der Waals surface area contributed by atoms with Crippen molar-refractivity contribution in [1.29, 1.82) is 5.26 Å². The molecular weight excluding hydrogens is 216 g/mol. The molecular formula is C11H7F2NO2. The normalized spacial score (nSPS) is 9.94. The summed E-state index contributed by atoms with van der Waals surface area (Å²) >= 11 is 0. The van der Waals surface area contributed by atoms with E-state index in [4.69, 9.17) is 5.26 Å². The van der Waals surface area contributed by atoms with E-state index < -0.39 is 17.8 Å². The van der Waals surface area contributed by atoms with Gasteiger partial charge in [-0.3, -0.25) is 9.59 Å². The van der Waals surface area contributed by atoms with E-state index >= 15 is 0 Å². The molecule has 0 aliphatic heterocycles. The number of hydrogen-bond acceptors (Lipinski definition) is 3. The number of benzene rings is 1. The predicted octanol–water partition coefficient (Wildman–Crippen LogP) is 2.51. The summed E-state index contributed by atoms with van der Waals surface area (Å²) < 4.78 is 25.0. The molecule has 0 unspecified atom stereocenters. The Morgan fingerprint density at radius 1 is 1.50 bits per heavy atom. The molecule has 0 aliphatic carbocycles. The van der Waals surface area contributed by atoms with Crippen molar-refractivity contribution in [2.75, 3.05) is 0 Å². The zero-order valence-corrected chi connectivity index (χ0v) is 8.33. The summed E-state index contributed by atoms with van der Waals surface area (Å²) in [7, 11) is 0. The first-order valence-electron chi connectivity index (χ1n) is 4.33. The van der Waals surface area contributed by atoms with Crippen LogP contribution in [0.15, 0.2) is 12.1 Å². The largest absolute Gasteiger partial charge is 0.298 e. The number of hydrogen-bond donors (Lipinski definition) is 0. The number of halogens is 2. The van der Waals surface area contributed by atoms with Gasteiger partial charge in [0.1, 0.15) is 0 Å². The summed E-state index contributed by atoms with van der Waals surface area (Å²) in [6, 6.07) is 3.56. The van der Waals surface area contributed by atoms with Gasteiger partial charge in [0.05, 0.1) is 11.6 Å². The average Bonchev–Trinajstić information content (AvgIpc) is 2.26. The summed E-state index contributed by atoms with van der Waals surface area (Å²) in [5, 5.41) is 8.70. The van der Waals surface area contributed by atoms with Gasteiger partial charge >= 0.3 is 0 Å². The summed E-state index contributed by atoms with van der Waals surface area (Å²) in [4.78, 5) is 21.7. The third kappa shape index (κ3) is 2.11. The molecule has 0 spiro atoms. The molecule has 0 saturated heterocycles. The van der Waals surface area contributed by atoms with Crippen molar-refractivity contribution in [1.82, 2.24) is 0 Å². The van der Waals surface area contributed by atoms with E-state index in [0.29, 0.717) is 0 Å². The second-order valence-corrected chi connectivity index (χ2v) is 3.11. The zero-order chi connectivity index (χ0) is 12.3. The Bertz CT molecular complexity index is 489. The molecule has 82 valence electrons. The smallest absolute Gasteiger partial charge is 0.264 e. The Hall–Kier alpha value is -2.09. The lowest BCUT2D eigenvalue weighted by Crippen LogP contribution is -2.03. The summed E-state index contributed by atoms with van der Waals surface area (Å²) in [5.41, 5.74) is -0.960. The minimum absolute atomic E-state index is 0.0194. The number of rotatable bonds is 3. The van der Waals surface area contributed by atoms with Gasteiger partial charge in [-0.1, -0.05) is 0 Å². The first-order valence-corrected chi connectivity index (χ1v) is 4.33. The number of nitrogens with zero attached hydrogens (tertiary/aromatic N) is 1. The van der Waals surface area contributed by atoms with Crippen molar-refractivity contribution in [3.8, 4) is 6.07 Å². The standard InChI is InChI=1S/C11H7F2NO2/c1-6(16)9-3-8(5-15)10(11(12)13)2-7(9)4-14/h2-3,5,11H,1H3. The molecule has 0 amide bonds. The Morgan fingerprint density at radius 2 is 2.12 bits per heavy atom. The second kappa shape index (κ2) is 4.62. The lowest BCUT2D eigenvalue weighted by atomic mass is 9.97. The Balaban J connectivity index is 3.54. The van der Waals surface area contributed by atoms with Gasteiger partial charge in [-0.25, -0.2) is 8.78 Å². The number of ketones is 1. The van der Waals surface area contributed by atoms with Crippen molar-refractivity contribution >= 4 is 12.1 Å². The molecule has 0 aromatic heterocycles. The molecule has 0 radical (unpaired) electrons. The SMILES string of the molecule is CC(=O)c1cc(C=O)c(C(F)F)cc1C#N. The van der Waals surface area contributed by atoms with Crippen LogP contribution >= 0.6 is 0 Å². The highest BCUT2D eigenvalue weighted by atomic mass is 19.3. The van der Waals surface area contributed by atoms with Crippen LogP contribution in [0.4, 0.5) is 8.78 Å². The molecule has 0 fully saturated rings. The Labute approximate surface area is 90.3 Å². The van der Waals surface area contributed by atoms with Crippen LogP contribution in [0.1, 0.15) is 45.2 Å². The Kier molecular flexibility index (Phi) is 3.46. The minimum Gasteiger partial charge on any atom is -0.298 e. The third-order valence-corrected chi connectivity index (χ3v) is 2.08. The molecule has 0 atom stereocenters. The highest BCUT2D eigenvalue weighted by Crippen LogP contribution is 2.25. The van der Waals surface area contributed by atoms with E-state index in [2.05, 4.69) is 0 Å². The predicted molar refractivity (Wildman–Crippen MR) is 51.5 cm³/mol. The van der Waals surface area contributed by atoms with Crippen LogP contribution in [0, 0.1) is 11.3 Å². The van der Waals surface area contributed by atoms with Gasteiger partial charge in [-0.2, -0.15) is 5.26 Å². The summed E-state index contributed by atoms with van der Waals surface area (Å²) in [5.74, 6) is -0.444. The lowest BCUT2D eigenvalue weighted by molar-refractivity contribution is 0.101. The van der Waals surface area contributed by atoms with Crippen LogP contribution in [0.3, 0.4) is 0 Å². The lowest BCUT2D eigenvalue weighted by Gasteiger charge is -2.07. The first kappa shape index (κ1) is 12.0. The average molecular weight is 223 g/mol. The highest BCUT2D eigenvalue weighted by Gasteiger charge is 2.18. The quantitative estimate of drug-likeness (QED) is 0.584. The topological polar surface area (TPSA) is 57.9 Å². The van der Waals surface area contributed by atoms with Crippen molar-refractivity contribution < 1.29 is 18.4 Å². The molecule has 0 N–H and O–H groups in total. The number of carbonyl (C=O) groups is 2. The first-order chi connectivity index (χ1) is 7.51. The maximum Gasteiger partial charge on any atom is 0.264 e. The van der Waals surface area contributed by atoms with Crippen LogP contribution in [-0.4, -0.2) is 12.1 Å². The van der Waals surface area contributed by atoms with Gasteiger partial charge in [-0.15, -0.1) is 0 Å². The fraction of sp³-hybridized carbons (Fsp3) is 0.182. The van der Waals surface area contributed by atoms with Crippen LogP contribution in [0.25, 0.3) is 0 Å². The molecule has 0 bridgehead atoms. The van der Waals surface area contributed by atoms with E-state index in [9.17, 15) is 18.4 Å². The van der Waals surface area contributed by atoms with E-state index in [1.807, 2.05) is 0 Å². The molecule has 0 aliphatic rings. The summed E-state index contributed by atoms with van der Waals surface area (Å²) in [6.07, 6.45) is -2.61. The number of alkyl halides is 2. The van der Waals surface area contributed by atoms with Crippen molar-refractivity contribution in [2.24, 2.45) is 0 Å². The Morgan fingerprint density at radius 3 is 2.50 bits per heavy atom.